The minimum Gasteiger partial charge on any atom is -0.324 e. The molecule has 0 radical (unpaired) electrons. The van der Waals surface area contributed by atoms with Gasteiger partial charge in [0, 0.05) is 10.2 Å². The summed E-state index contributed by atoms with van der Waals surface area (Å²) in [6.45, 7) is 6.91. The fourth-order valence-corrected chi connectivity index (χ4v) is 3.13. The Labute approximate surface area is 116 Å². The molecule has 18 heavy (non-hydrogen) atoms. The quantitative estimate of drug-likeness (QED) is 0.881. The largest absolute Gasteiger partial charge is 0.324 e. The summed E-state index contributed by atoms with van der Waals surface area (Å²) < 4.78 is 1.04. The lowest BCUT2D eigenvalue weighted by Crippen LogP contribution is -2.48. The molecule has 2 N–H and O–H groups in total. The first-order valence-corrected chi connectivity index (χ1v) is 7.05. The van der Waals surface area contributed by atoms with Crippen molar-refractivity contribution in [2.75, 3.05) is 11.9 Å². The predicted molar refractivity (Wildman–Crippen MR) is 77.9 cm³/mol. The summed E-state index contributed by atoms with van der Waals surface area (Å²) in [7, 11) is 0. The Morgan fingerprint density at radius 1 is 1.39 bits per heavy atom. The lowest BCUT2D eigenvalue weighted by atomic mass is 9.98. The highest BCUT2D eigenvalue weighted by molar-refractivity contribution is 9.10. The molecule has 0 aliphatic carbocycles. The van der Waals surface area contributed by atoms with Gasteiger partial charge >= 0.3 is 0 Å². The van der Waals surface area contributed by atoms with Crippen molar-refractivity contribution < 1.29 is 4.79 Å². The molecular formula is C14H19BrN2O. The van der Waals surface area contributed by atoms with Crippen LogP contribution in [-0.4, -0.2) is 18.0 Å². The van der Waals surface area contributed by atoms with E-state index in [0.29, 0.717) is 0 Å². The molecule has 1 amide bonds. The molecule has 1 fully saturated rings. The number of carbonyl (C=O) groups is 1. The van der Waals surface area contributed by atoms with E-state index in [9.17, 15) is 4.79 Å². The number of hydrogen-bond donors (Lipinski definition) is 2. The van der Waals surface area contributed by atoms with Gasteiger partial charge in [-0.3, -0.25) is 4.79 Å². The Balaban J connectivity index is 2.22. The molecule has 1 aromatic rings. The van der Waals surface area contributed by atoms with Crippen molar-refractivity contribution in [3.05, 3.63) is 27.7 Å². The van der Waals surface area contributed by atoms with E-state index in [1.165, 1.54) is 0 Å². The van der Waals surface area contributed by atoms with Crippen molar-refractivity contribution in [3.63, 3.8) is 0 Å². The molecule has 1 atom stereocenters. The Kier molecular flexibility index (Phi) is 3.78. The van der Waals surface area contributed by atoms with Crippen LogP contribution >= 0.6 is 15.9 Å². The molecule has 0 spiro atoms. The number of halogens is 1. The maximum absolute atomic E-state index is 12.3. The van der Waals surface area contributed by atoms with Crippen molar-refractivity contribution in [3.8, 4) is 0 Å². The molecule has 3 nitrogen and oxygen atoms in total. The van der Waals surface area contributed by atoms with Gasteiger partial charge < -0.3 is 10.6 Å². The third-order valence-corrected chi connectivity index (χ3v) is 4.06. The van der Waals surface area contributed by atoms with Crippen molar-refractivity contribution in [1.82, 2.24) is 5.32 Å². The minimum absolute atomic E-state index is 0.0634. The van der Waals surface area contributed by atoms with Gasteiger partial charge in [0.25, 0.3) is 0 Å². The number of nitrogens with one attached hydrogen (secondary N) is 2. The molecule has 2 rings (SSSR count). The van der Waals surface area contributed by atoms with Crippen LogP contribution in [0.25, 0.3) is 0 Å². The second-order valence-electron chi connectivity index (χ2n) is 5.23. The van der Waals surface area contributed by atoms with Crippen molar-refractivity contribution in [2.45, 2.75) is 39.2 Å². The van der Waals surface area contributed by atoms with E-state index >= 15 is 0 Å². The molecule has 98 valence electrons. The summed E-state index contributed by atoms with van der Waals surface area (Å²) in [4.78, 5) is 12.3. The van der Waals surface area contributed by atoms with Gasteiger partial charge in [0.1, 0.15) is 0 Å². The Morgan fingerprint density at radius 2 is 2.00 bits per heavy atom. The molecule has 0 saturated carbocycles. The number of rotatable bonds is 2. The van der Waals surface area contributed by atoms with E-state index in [0.717, 1.165) is 40.7 Å². The van der Waals surface area contributed by atoms with Crippen molar-refractivity contribution >= 4 is 27.5 Å². The average molecular weight is 311 g/mol. The molecule has 1 unspecified atom stereocenters. The SMILES string of the molecule is Cc1cc(Br)cc(C)c1NC(=O)C1(C)CCCN1. The summed E-state index contributed by atoms with van der Waals surface area (Å²) in [5, 5.41) is 6.35. The standard InChI is InChI=1S/C14H19BrN2O/c1-9-7-11(15)8-10(2)12(9)17-13(18)14(3)5-4-6-16-14/h7-8,16H,4-6H2,1-3H3,(H,17,18). The zero-order valence-corrected chi connectivity index (χ0v) is 12.6. The Bertz CT molecular complexity index is 456. The van der Waals surface area contributed by atoms with Crippen LogP contribution in [0.15, 0.2) is 16.6 Å². The molecule has 0 aromatic heterocycles. The number of benzene rings is 1. The van der Waals surface area contributed by atoms with E-state index in [4.69, 9.17) is 0 Å². The van der Waals surface area contributed by atoms with Crippen molar-refractivity contribution in [1.29, 1.82) is 0 Å². The van der Waals surface area contributed by atoms with E-state index in [-0.39, 0.29) is 5.91 Å². The van der Waals surface area contributed by atoms with Crippen LogP contribution < -0.4 is 10.6 Å². The highest BCUT2D eigenvalue weighted by Gasteiger charge is 2.36. The number of hydrogen-bond acceptors (Lipinski definition) is 2. The van der Waals surface area contributed by atoms with Crippen LogP contribution in [0.3, 0.4) is 0 Å². The summed E-state index contributed by atoms with van der Waals surface area (Å²) in [6.07, 6.45) is 1.95. The normalized spacial score (nSPS) is 23.1. The third-order valence-electron chi connectivity index (χ3n) is 3.61. The van der Waals surface area contributed by atoms with Gasteiger partial charge in [-0.25, -0.2) is 0 Å². The lowest BCUT2D eigenvalue weighted by Gasteiger charge is -2.24. The molecule has 0 bridgehead atoms. The molecular weight excluding hydrogens is 292 g/mol. The van der Waals surface area contributed by atoms with Crippen LogP contribution in [0.1, 0.15) is 30.9 Å². The highest BCUT2D eigenvalue weighted by atomic mass is 79.9. The van der Waals surface area contributed by atoms with Gasteiger partial charge in [-0.1, -0.05) is 15.9 Å². The van der Waals surface area contributed by atoms with Crippen LogP contribution in [0.4, 0.5) is 5.69 Å². The number of aryl methyl sites for hydroxylation is 2. The number of anilines is 1. The maximum atomic E-state index is 12.3. The summed E-state index contributed by atoms with van der Waals surface area (Å²) in [5.74, 6) is 0.0634. The third kappa shape index (κ3) is 2.59. The smallest absolute Gasteiger partial charge is 0.244 e. The van der Waals surface area contributed by atoms with Crippen LogP contribution in [0.5, 0.6) is 0 Å². The fourth-order valence-electron chi connectivity index (χ4n) is 2.45. The van der Waals surface area contributed by atoms with Crippen LogP contribution in [-0.2, 0) is 4.79 Å². The topological polar surface area (TPSA) is 41.1 Å². The van der Waals surface area contributed by atoms with E-state index < -0.39 is 5.54 Å². The summed E-state index contributed by atoms with van der Waals surface area (Å²) >= 11 is 3.47. The zero-order valence-electron chi connectivity index (χ0n) is 11.1. The first-order chi connectivity index (χ1) is 8.42. The van der Waals surface area contributed by atoms with Gasteiger partial charge in [0.05, 0.1) is 5.54 Å². The molecule has 1 heterocycles. The average Bonchev–Trinajstić information content (AvgIpc) is 2.71. The molecule has 1 aromatic carbocycles. The fraction of sp³-hybridized carbons (Fsp3) is 0.500. The summed E-state index contributed by atoms with van der Waals surface area (Å²) in [5.41, 5.74) is 2.66. The predicted octanol–water partition coefficient (Wildman–Crippen LogP) is 3.15. The van der Waals surface area contributed by atoms with E-state index in [1.807, 2.05) is 32.9 Å². The molecule has 4 heteroatoms. The maximum Gasteiger partial charge on any atom is 0.244 e. The van der Waals surface area contributed by atoms with Crippen LogP contribution in [0.2, 0.25) is 0 Å². The van der Waals surface area contributed by atoms with Gasteiger partial charge in [-0.15, -0.1) is 0 Å². The van der Waals surface area contributed by atoms with Gasteiger partial charge in [0.15, 0.2) is 0 Å². The zero-order chi connectivity index (χ0) is 13.3. The van der Waals surface area contributed by atoms with E-state index in [1.54, 1.807) is 0 Å². The highest BCUT2D eigenvalue weighted by Crippen LogP contribution is 2.27. The number of amides is 1. The second-order valence-corrected chi connectivity index (χ2v) is 6.15. The molecule has 1 aliphatic heterocycles. The molecule has 1 saturated heterocycles. The lowest BCUT2D eigenvalue weighted by molar-refractivity contribution is -0.121. The van der Waals surface area contributed by atoms with Gasteiger partial charge in [-0.2, -0.15) is 0 Å². The van der Waals surface area contributed by atoms with Crippen LogP contribution in [0, 0.1) is 13.8 Å². The van der Waals surface area contributed by atoms with Gasteiger partial charge in [-0.05, 0) is 63.4 Å². The number of carbonyl (C=O) groups excluding carboxylic acids is 1. The minimum atomic E-state index is -0.425. The Hall–Kier alpha value is -0.870. The second kappa shape index (κ2) is 5.02. The van der Waals surface area contributed by atoms with Gasteiger partial charge in [0.2, 0.25) is 5.91 Å². The Morgan fingerprint density at radius 3 is 2.50 bits per heavy atom. The monoisotopic (exact) mass is 310 g/mol. The van der Waals surface area contributed by atoms with Crippen molar-refractivity contribution in [2.24, 2.45) is 0 Å². The summed E-state index contributed by atoms with van der Waals surface area (Å²) in [6, 6.07) is 4.04. The molecule has 1 aliphatic rings. The first kappa shape index (κ1) is 13.6. The first-order valence-electron chi connectivity index (χ1n) is 6.25. The van der Waals surface area contributed by atoms with E-state index in [2.05, 4.69) is 26.6 Å².